The summed E-state index contributed by atoms with van der Waals surface area (Å²) < 4.78 is 5.69. The van der Waals surface area contributed by atoms with Gasteiger partial charge in [-0.1, -0.05) is 12.7 Å². The molecule has 0 saturated carbocycles. The Morgan fingerprint density at radius 2 is 2.06 bits per heavy atom. The molecule has 1 heterocycles. The first kappa shape index (κ1) is 12.8. The topological polar surface area (TPSA) is 41.7 Å². The molecule has 1 fully saturated rings. The summed E-state index contributed by atoms with van der Waals surface area (Å²) in [7, 11) is 2.15. The molecule has 1 aliphatic heterocycles. The van der Waals surface area contributed by atoms with Gasteiger partial charge in [-0.3, -0.25) is 0 Å². The number of benzene rings is 1. The Kier molecular flexibility index (Phi) is 4.10. The van der Waals surface area contributed by atoms with Gasteiger partial charge in [0.1, 0.15) is 12.4 Å². The van der Waals surface area contributed by atoms with Crippen molar-refractivity contribution < 1.29 is 4.74 Å². The Morgan fingerprint density at radius 3 is 2.72 bits per heavy atom. The first-order chi connectivity index (χ1) is 8.70. The summed E-state index contributed by atoms with van der Waals surface area (Å²) in [6, 6.07) is 5.85. The predicted octanol–water partition coefficient (Wildman–Crippen LogP) is 1.59. The summed E-state index contributed by atoms with van der Waals surface area (Å²) in [6.45, 7) is 8.36. The third kappa shape index (κ3) is 2.96. The largest absolute Gasteiger partial charge is 0.487 e. The van der Waals surface area contributed by atoms with Gasteiger partial charge in [0.2, 0.25) is 0 Å². The number of nitrogens with two attached hydrogens (primary N) is 1. The lowest BCUT2D eigenvalue weighted by Crippen LogP contribution is -2.44. The van der Waals surface area contributed by atoms with Gasteiger partial charge in [0.25, 0.3) is 0 Å². The average Bonchev–Trinajstić information content (AvgIpc) is 2.38. The lowest BCUT2D eigenvalue weighted by molar-refractivity contribution is 0.309. The van der Waals surface area contributed by atoms with Crippen LogP contribution in [0.25, 0.3) is 0 Å². The molecule has 98 valence electrons. The molecule has 4 heteroatoms. The Balaban J connectivity index is 2.17. The van der Waals surface area contributed by atoms with E-state index >= 15 is 0 Å². The SMILES string of the molecule is C=CCOc1cc(N)ccc1N1CCN(C)CC1. The summed E-state index contributed by atoms with van der Waals surface area (Å²) >= 11 is 0. The third-order valence-corrected chi connectivity index (χ3v) is 3.18. The standard InChI is InChI=1S/C14H21N3O/c1-3-10-18-14-11-12(15)4-5-13(14)17-8-6-16(2)7-9-17/h3-5,11H,1,6-10,15H2,2H3. The van der Waals surface area contributed by atoms with Crippen molar-refractivity contribution in [2.45, 2.75) is 0 Å². The number of rotatable bonds is 4. The van der Waals surface area contributed by atoms with E-state index in [0.29, 0.717) is 6.61 Å². The number of nitrogens with zero attached hydrogens (tertiary/aromatic N) is 2. The highest BCUT2D eigenvalue weighted by Crippen LogP contribution is 2.31. The van der Waals surface area contributed by atoms with E-state index in [4.69, 9.17) is 10.5 Å². The van der Waals surface area contributed by atoms with Crippen molar-refractivity contribution in [2.24, 2.45) is 0 Å². The van der Waals surface area contributed by atoms with Crippen molar-refractivity contribution in [3.05, 3.63) is 30.9 Å². The van der Waals surface area contributed by atoms with Gasteiger partial charge in [-0.05, 0) is 19.2 Å². The highest BCUT2D eigenvalue weighted by Gasteiger charge is 2.17. The van der Waals surface area contributed by atoms with Crippen molar-refractivity contribution in [2.75, 3.05) is 50.5 Å². The molecule has 0 atom stereocenters. The number of anilines is 2. The number of piperazine rings is 1. The van der Waals surface area contributed by atoms with Crippen LogP contribution >= 0.6 is 0 Å². The van der Waals surface area contributed by atoms with E-state index in [1.165, 1.54) is 0 Å². The fourth-order valence-corrected chi connectivity index (χ4v) is 2.10. The second-order valence-corrected chi connectivity index (χ2v) is 4.62. The normalized spacial score (nSPS) is 16.6. The van der Waals surface area contributed by atoms with Crippen molar-refractivity contribution in [3.8, 4) is 5.75 Å². The van der Waals surface area contributed by atoms with E-state index in [1.807, 2.05) is 18.2 Å². The molecular formula is C14H21N3O. The van der Waals surface area contributed by atoms with Gasteiger partial charge in [-0.15, -0.1) is 0 Å². The first-order valence-corrected chi connectivity index (χ1v) is 6.27. The summed E-state index contributed by atoms with van der Waals surface area (Å²) in [4.78, 5) is 4.68. The quantitative estimate of drug-likeness (QED) is 0.648. The summed E-state index contributed by atoms with van der Waals surface area (Å²) in [5, 5.41) is 0. The molecular weight excluding hydrogens is 226 g/mol. The van der Waals surface area contributed by atoms with Crippen LogP contribution in [-0.4, -0.2) is 44.7 Å². The second kappa shape index (κ2) is 5.78. The molecule has 0 aliphatic carbocycles. The van der Waals surface area contributed by atoms with Gasteiger partial charge in [-0.2, -0.15) is 0 Å². The van der Waals surface area contributed by atoms with Crippen LogP contribution in [-0.2, 0) is 0 Å². The minimum atomic E-state index is 0.504. The van der Waals surface area contributed by atoms with Gasteiger partial charge in [0.15, 0.2) is 0 Å². The smallest absolute Gasteiger partial charge is 0.145 e. The second-order valence-electron chi connectivity index (χ2n) is 4.62. The van der Waals surface area contributed by atoms with Crippen LogP contribution in [0.2, 0.25) is 0 Å². The Morgan fingerprint density at radius 1 is 1.33 bits per heavy atom. The third-order valence-electron chi connectivity index (χ3n) is 3.18. The lowest BCUT2D eigenvalue weighted by atomic mass is 10.2. The van der Waals surface area contributed by atoms with Crippen LogP contribution in [0.5, 0.6) is 5.75 Å². The van der Waals surface area contributed by atoms with Crippen molar-refractivity contribution >= 4 is 11.4 Å². The molecule has 0 aromatic heterocycles. The zero-order valence-electron chi connectivity index (χ0n) is 10.9. The monoisotopic (exact) mass is 247 g/mol. The number of ether oxygens (including phenoxy) is 1. The van der Waals surface area contributed by atoms with Gasteiger partial charge in [0, 0.05) is 37.9 Å². The van der Waals surface area contributed by atoms with Crippen molar-refractivity contribution in [1.29, 1.82) is 0 Å². The van der Waals surface area contributed by atoms with E-state index < -0.39 is 0 Å². The molecule has 1 aromatic rings. The molecule has 0 spiro atoms. The Bertz CT molecular complexity index is 412. The number of likely N-dealkylation sites (N-methyl/N-ethyl adjacent to an activating group) is 1. The first-order valence-electron chi connectivity index (χ1n) is 6.27. The predicted molar refractivity (Wildman–Crippen MR) is 76.3 cm³/mol. The van der Waals surface area contributed by atoms with Crippen LogP contribution in [0.15, 0.2) is 30.9 Å². The summed E-state index contributed by atoms with van der Waals surface area (Å²) in [5.41, 5.74) is 7.67. The van der Waals surface area contributed by atoms with Crippen LogP contribution in [0.4, 0.5) is 11.4 Å². The van der Waals surface area contributed by atoms with Gasteiger partial charge in [0.05, 0.1) is 5.69 Å². The zero-order valence-corrected chi connectivity index (χ0v) is 10.9. The van der Waals surface area contributed by atoms with E-state index in [1.54, 1.807) is 6.08 Å². The molecule has 1 saturated heterocycles. The number of nitrogen functional groups attached to an aromatic ring is 1. The van der Waals surface area contributed by atoms with Crippen molar-refractivity contribution in [1.82, 2.24) is 4.90 Å². The van der Waals surface area contributed by atoms with E-state index in [-0.39, 0.29) is 0 Å². The van der Waals surface area contributed by atoms with Crippen molar-refractivity contribution in [3.63, 3.8) is 0 Å². The molecule has 1 aliphatic rings. The molecule has 2 rings (SSSR count). The van der Waals surface area contributed by atoms with Crippen LogP contribution in [0.3, 0.4) is 0 Å². The molecule has 4 nitrogen and oxygen atoms in total. The van der Waals surface area contributed by atoms with E-state index in [2.05, 4.69) is 23.4 Å². The minimum absolute atomic E-state index is 0.504. The summed E-state index contributed by atoms with van der Waals surface area (Å²) in [5.74, 6) is 0.847. The van der Waals surface area contributed by atoms with E-state index in [0.717, 1.165) is 43.3 Å². The average molecular weight is 247 g/mol. The van der Waals surface area contributed by atoms with Crippen LogP contribution < -0.4 is 15.4 Å². The number of hydrogen-bond donors (Lipinski definition) is 1. The fourth-order valence-electron chi connectivity index (χ4n) is 2.10. The van der Waals surface area contributed by atoms with Gasteiger partial charge in [-0.25, -0.2) is 0 Å². The Hall–Kier alpha value is -1.68. The van der Waals surface area contributed by atoms with Crippen LogP contribution in [0.1, 0.15) is 0 Å². The fraction of sp³-hybridized carbons (Fsp3) is 0.429. The zero-order chi connectivity index (χ0) is 13.0. The van der Waals surface area contributed by atoms with Gasteiger partial charge >= 0.3 is 0 Å². The molecule has 2 N–H and O–H groups in total. The Labute approximate surface area is 109 Å². The molecule has 1 aromatic carbocycles. The maximum absolute atomic E-state index is 5.82. The maximum atomic E-state index is 5.82. The molecule has 0 radical (unpaired) electrons. The van der Waals surface area contributed by atoms with Crippen LogP contribution in [0, 0.1) is 0 Å². The lowest BCUT2D eigenvalue weighted by Gasteiger charge is -2.34. The molecule has 0 unspecified atom stereocenters. The highest BCUT2D eigenvalue weighted by atomic mass is 16.5. The molecule has 0 amide bonds. The minimum Gasteiger partial charge on any atom is -0.487 e. The number of hydrogen-bond acceptors (Lipinski definition) is 4. The van der Waals surface area contributed by atoms with E-state index in [9.17, 15) is 0 Å². The maximum Gasteiger partial charge on any atom is 0.145 e. The van der Waals surface area contributed by atoms with Gasteiger partial charge < -0.3 is 20.3 Å². The molecule has 18 heavy (non-hydrogen) atoms. The summed E-state index contributed by atoms with van der Waals surface area (Å²) in [6.07, 6.45) is 1.75. The highest BCUT2D eigenvalue weighted by molar-refractivity contribution is 5.64. The molecule has 0 bridgehead atoms.